The van der Waals surface area contributed by atoms with Crippen LogP contribution in [-0.2, 0) is 6.42 Å². The van der Waals surface area contributed by atoms with Crippen LogP contribution in [0.4, 0.5) is 0 Å². The molecule has 0 amide bonds. The van der Waals surface area contributed by atoms with Gasteiger partial charge in [0.2, 0.25) is 0 Å². The highest BCUT2D eigenvalue weighted by atomic mass is 32.1. The lowest BCUT2D eigenvalue weighted by Gasteiger charge is -2.13. The summed E-state index contributed by atoms with van der Waals surface area (Å²) in [5.41, 5.74) is 8.79. The monoisotopic (exact) mass is 231 g/mol. The predicted molar refractivity (Wildman–Crippen MR) is 70.7 cm³/mol. The van der Waals surface area contributed by atoms with E-state index in [4.69, 9.17) is 5.73 Å². The maximum Gasteiger partial charge on any atom is 0.0300 e. The van der Waals surface area contributed by atoms with E-state index in [1.54, 1.807) is 0 Å². The molecule has 2 N–H and O–H groups in total. The fraction of sp³-hybridized carbons (Fsp3) is 0.286. The van der Waals surface area contributed by atoms with Crippen LogP contribution in [-0.4, -0.2) is 0 Å². The minimum absolute atomic E-state index is 0.156. The minimum atomic E-state index is 0.156. The first-order chi connectivity index (χ1) is 7.77. The molecule has 2 rings (SSSR count). The van der Waals surface area contributed by atoms with Crippen LogP contribution >= 0.6 is 11.3 Å². The normalized spacial score (nSPS) is 12.6. The first-order valence-electron chi connectivity index (χ1n) is 5.61. The Bertz CT molecular complexity index is 434. The van der Waals surface area contributed by atoms with E-state index in [0.717, 1.165) is 12.8 Å². The summed E-state index contributed by atoms with van der Waals surface area (Å²) < 4.78 is 0. The number of aryl methyl sites for hydroxylation is 2. The third-order valence-corrected chi connectivity index (χ3v) is 3.81. The Morgan fingerprint density at radius 3 is 2.69 bits per heavy atom. The van der Waals surface area contributed by atoms with Crippen molar-refractivity contribution in [2.24, 2.45) is 5.73 Å². The van der Waals surface area contributed by atoms with Crippen LogP contribution in [0.2, 0.25) is 0 Å². The van der Waals surface area contributed by atoms with Gasteiger partial charge in [-0.25, -0.2) is 0 Å². The first-order valence-corrected chi connectivity index (χ1v) is 6.49. The quantitative estimate of drug-likeness (QED) is 0.853. The van der Waals surface area contributed by atoms with Crippen LogP contribution in [0.1, 0.15) is 28.5 Å². The molecule has 2 heteroatoms. The minimum Gasteiger partial charge on any atom is -0.324 e. The predicted octanol–water partition coefficient (Wildman–Crippen LogP) is 3.69. The highest BCUT2D eigenvalue weighted by molar-refractivity contribution is 7.09. The van der Waals surface area contributed by atoms with Crippen molar-refractivity contribution in [1.82, 2.24) is 0 Å². The van der Waals surface area contributed by atoms with E-state index in [1.807, 2.05) is 11.3 Å². The van der Waals surface area contributed by atoms with Gasteiger partial charge in [-0.3, -0.25) is 0 Å². The van der Waals surface area contributed by atoms with Crippen molar-refractivity contribution in [2.75, 3.05) is 0 Å². The number of hydrogen-bond donors (Lipinski definition) is 1. The maximum atomic E-state index is 6.22. The molecule has 0 spiro atoms. The molecule has 1 aromatic carbocycles. The van der Waals surface area contributed by atoms with Crippen LogP contribution in [0.25, 0.3) is 0 Å². The third-order valence-electron chi connectivity index (χ3n) is 2.87. The third kappa shape index (κ3) is 2.71. The zero-order chi connectivity index (χ0) is 11.4. The Kier molecular flexibility index (Phi) is 3.75. The Morgan fingerprint density at radius 2 is 2.00 bits per heavy atom. The molecule has 0 bridgehead atoms. The molecular formula is C14H17NS. The summed E-state index contributed by atoms with van der Waals surface area (Å²) in [5.74, 6) is 0. The lowest BCUT2D eigenvalue weighted by atomic mass is 9.98. The molecule has 1 atom stereocenters. The number of rotatable bonds is 4. The highest BCUT2D eigenvalue weighted by Crippen LogP contribution is 2.21. The fourth-order valence-corrected chi connectivity index (χ4v) is 2.64. The van der Waals surface area contributed by atoms with Gasteiger partial charge < -0.3 is 5.73 Å². The van der Waals surface area contributed by atoms with E-state index in [9.17, 15) is 0 Å². The second-order valence-corrected chi connectivity index (χ2v) is 5.11. The van der Waals surface area contributed by atoms with Crippen LogP contribution < -0.4 is 5.73 Å². The number of nitrogens with two attached hydrogens (primary N) is 1. The van der Waals surface area contributed by atoms with Crippen molar-refractivity contribution in [1.29, 1.82) is 0 Å². The van der Waals surface area contributed by atoms with Crippen molar-refractivity contribution >= 4 is 11.3 Å². The van der Waals surface area contributed by atoms with E-state index in [2.05, 4.69) is 48.7 Å². The van der Waals surface area contributed by atoms with Gasteiger partial charge >= 0.3 is 0 Å². The number of hydrogen-bond acceptors (Lipinski definition) is 2. The van der Waals surface area contributed by atoms with Gasteiger partial charge in [-0.1, -0.05) is 30.3 Å². The zero-order valence-corrected chi connectivity index (χ0v) is 10.3. The van der Waals surface area contributed by atoms with Crippen molar-refractivity contribution in [3.8, 4) is 0 Å². The van der Waals surface area contributed by atoms with Gasteiger partial charge in [0.05, 0.1) is 0 Å². The molecule has 84 valence electrons. The lowest BCUT2D eigenvalue weighted by molar-refractivity contribution is 0.652. The van der Waals surface area contributed by atoms with Gasteiger partial charge in [-0.05, 0) is 42.3 Å². The Morgan fingerprint density at radius 1 is 1.19 bits per heavy atom. The maximum absolute atomic E-state index is 6.22. The van der Waals surface area contributed by atoms with Crippen LogP contribution in [0, 0.1) is 6.92 Å². The van der Waals surface area contributed by atoms with E-state index < -0.39 is 0 Å². The summed E-state index contributed by atoms with van der Waals surface area (Å²) in [6.07, 6.45) is 2.10. The smallest absolute Gasteiger partial charge is 0.0300 e. The van der Waals surface area contributed by atoms with Crippen LogP contribution in [0.5, 0.6) is 0 Å². The number of thiophene rings is 1. The average molecular weight is 231 g/mol. The summed E-state index contributed by atoms with van der Waals surface area (Å²) in [7, 11) is 0. The molecular weight excluding hydrogens is 214 g/mol. The highest BCUT2D eigenvalue weighted by Gasteiger charge is 2.08. The molecule has 0 saturated heterocycles. The fourth-order valence-electron chi connectivity index (χ4n) is 1.91. The van der Waals surface area contributed by atoms with Gasteiger partial charge in [0, 0.05) is 10.9 Å². The van der Waals surface area contributed by atoms with Gasteiger partial charge in [0.25, 0.3) is 0 Å². The average Bonchev–Trinajstić information content (AvgIpc) is 2.79. The SMILES string of the molecule is Cc1ccccc1C(N)CCc1cccs1. The largest absolute Gasteiger partial charge is 0.324 e. The summed E-state index contributed by atoms with van der Waals surface area (Å²) in [6.45, 7) is 2.13. The Hall–Kier alpha value is -1.12. The van der Waals surface area contributed by atoms with Gasteiger partial charge in [-0.2, -0.15) is 0 Å². The van der Waals surface area contributed by atoms with E-state index in [-0.39, 0.29) is 6.04 Å². The molecule has 0 saturated carbocycles. The molecule has 2 aromatic rings. The Balaban J connectivity index is 1.98. The van der Waals surface area contributed by atoms with Gasteiger partial charge in [0.15, 0.2) is 0 Å². The van der Waals surface area contributed by atoms with Gasteiger partial charge in [-0.15, -0.1) is 11.3 Å². The molecule has 1 nitrogen and oxygen atoms in total. The molecule has 16 heavy (non-hydrogen) atoms. The molecule has 0 aliphatic carbocycles. The van der Waals surface area contributed by atoms with Crippen molar-refractivity contribution in [2.45, 2.75) is 25.8 Å². The number of benzene rings is 1. The van der Waals surface area contributed by atoms with Gasteiger partial charge in [0.1, 0.15) is 0 Å². The lowest BCUT2D eigenvalue weighted by Crippen LogP contribution is -2.12. The molecule has 1 unspecified atom stereocenters. The molecule has 0 aliphatic heterocycles. The molecule has 1 heterocycles. The summed E-state index contributed by atoms with van der Waals surface area (Å²) in [4.78, 5) is 1.42. The summed E-state index contributed by atoms with van der Waals surface area (Å²) in [6, 6.07) is 12.8. The molecule has 0 fully saturated rings. The summed E-state index contributed by atoms with van der Waals surface area (Å²) >= 11 is 1.81. The van der Waals surface area contributed by atoms with E-state index in [1.165, 1.54) is 16.0 Å². The first kappa shape index (κ1) is 11.4. The standard InChI is InChI=1S/C14H17NS/c1-11-5-2-3-7-13(11)14(15)9-8-12-6-4-10-16-12/h2-7,10,14H,8-9,15H2,1H3. The zero-order valence-electron chi connectivity index (χ0n) is 9.52. The second-order valence-electron chi connectivity index (χ2n) is 4.08. The van der Waals surface area contributed by atoms with E-state index >= 15 is 0 Å². The van der Waals surface area contributed by atoms with Crippen LogP contribution in [0.3, 0.4) is 0 Å². The Labute approximate surface area is 101 Å². The second kappa shape index (κ2) is 5.28. The van der Waals surface area contributed by atoms with Crippen LogP contribution in [0.15, 0.2) is 41.8 Å². The van der Waals surface area contributed by atoms with Crippen molar-refractivity contribution < 1.29 is 0 Å². The molecule has 0 aliphatic rings. The topological polar surface area (TPSA) is 26.0 Å². The molecule has 0 radical (unpaired) electrons. The van der Waals surface area contributed by atoms with E-state index in [0.29, 0.717) is 0 Å². The van der Waals surface area contributed by atoms with Crippen molar-refractivity contribution in [3.05, 3.63) is 57.8 Å². The summed E-state index contributed by atoms with van der Waals surface area (Å²) in [5, 5.41) is 2.12. The molecule has 1 aromatic heterocycles. The van der Waals surface area contributed by atoms with Crippen molar-refractivity contribution in [3.63, 3.8) is 0 Å².